The molecule has 2 heteroatoms. The summed E-state index contributed by atoms with van der Waals surface area (Å²) in [4.78, 5) is 0. The standard InChI is InChI=1S/C19H18NO/c1-20-13-12-17(18-4-2-3-5-19(18)20)11-10-15-6-8-16(14-21)9-7-15/h2-13,21H,14H2,1H3/q+1/b11-10+. The summed E-state index contributed by atoms with van der Waals surface area (Å²) in [5.74, 6) is 0. The number of aliphatic hydroxyl groups excluding tert-OH is 1. The monoisotopic (exact) mass is 276 g/mol. The van der Waals surface area contributed by atoms with Gasteiger partial charge in [0.1, 0.15) is 7.05 Å². The predicted molar refractivity (Wildman–Crippen MR) is 86.4 cm³/mol. The zero-order valence-corrected chi connectivity index (χ0v) is 12.0. The fourth-order valence-corrected chi connectivity index (χ4v) is 2.45. The molecule has 0 aliphatic rings. The van der Waals surface area contributed by atoms with Crippen LogP contribution in [-0.2, 0) is 13.7 Å². The van der Waals surface area contributed by atoms with Crippen molar-refractivity contribution in [1.82, 2.24) is 0 Å². The molecule has 1 aromatic heterocycles. The molecule has 0 spiro atoms. The van der Waals surface area contributed by atoms with Crippen LogP contribution in [0.4, 0.5) is 0 Å². The van der Waals surface area contributed by atoms with Gasteiger partial charge < -0.3 is 5.11 Å². The lowest BCUT2D eigenvalue weighted by molar-refractivity contribution is -0.644. The highest BCUT2D eigenvalue weighted by molar-refractivity contribution is 5.88. The summed E-state index contributed by atoms with van der Waals surface area (Å²) < 4.78 is 2.13. The minimum Gasteiger partial charge on any atom is -0.392 e. The molecular weight excluding hydrogens is 258 g/mol. The number of aryl methyl sites for hydroxylation is 1. The van der Waals surface area contributed by atoms with Crippen LogP contribution in [0.25, 0.3) is 23.1 Å². The van der Waals surface area contributed by atoms with Gasteiger partial charge in [-0.15, -0.1) is 0 Å². The van der Waals surface area contributed by atoms with Gasteiger partial charge >= 0.3 is 0 Å². The van der Waals surface area contributed by atoms with Crippen molar-refractivity contribution in [3.05, 3.63) is 77.5 Å². The third kappa shape index (κ3) is 2.86. The van der Waals surface area contributed by atoms with Crippen LogP contribution in [0.1, 0.15) is 16.7 Å². The maximum Gasteiger partial charge on any atom is 0.212 e. The Morgan fingerprint density at radius 3 is 2.48 bits per heavy atom. The van der Waals surface area contributed by atoms with Crippen LogP contribution in [-0.4, -0.2) is 5.11 Å². The Morgan fingerprint density at radius 1 is 0.952 bits per heavy atom. The zero-order valence-electron chi connectivity index (χ0n) is 12.0. The van der Waals surface area contributed by atoms with E-state index < -0.39 is 0 Å². The Morgan fingerprint density at radius 2 is 1.71 bits per heavy atom. The molecule has 0 unspecified atom stereocenters. The van der Waals surface area contributed by atoms with Crippen LogP contribution in [0.2, 0.25) is 0 Å². The first kappa shape index (κ1) is 13.5. The van der Waals surface area contributed by atoms with Gasteiger partial charge in [0.25, 0.3) is 0 Å². The Hall–Kier alpha value is -2.45. The van der Waals surface area contributed by atoms with Crippen LogP contribution in [0.3, 0.4) is 0 Å². The lowest BCUT2D eigenvalue weighted by Gasteiger charge is -2.01. The number of para-hydroxylation sites is 1. The van der Waals surface area contributed by atoms with E-state index in [0.717, 1.165) is 11.1 Å². The van der Waals surface area contributed by atoms with E-state index in [0.29, 0.717) is 0 Å². The summed E-state index contributed by atoms with van der Waals surface area (Å²) in [5, 5.41) is 10.3. The molecule has 0 saturated heterocycles. The van der Waals surface area contributed by atoms with Crippen molar-refractivity contribution in [3.63, 3.8) is 0 Å². The van der Waals surface area contributed by atoms with Gasteiger partial charge in [0.2, 0.25) is 5.52 Å². The van der Waals surface area contributed by atoms with Crippen molar-refractivity contribution in [2.75, 3.05) is 0 Å². The molecule has 104 valence electrons. The van der Waals surface area contributed by atoms with Crippen molar-refractivity contribution < 1.29 is 9.67 Å². The highest BCUT2D eigenvalue weighted by Crippen LogP contribution is 2.18. The third-order valence-corrected chi connectivity index (χ3v) is 3.69. The zero-order chi connectivity index (χ0) is 14.7. The van der Waals surface area contributed by atoms with Gasteiger partial charge in [0, 0.05) is 12.1 Å². The highest BCUT2D eigenvalue weighted by atomic mass is 16.3. The van der Waals surface area contributed by atoms with Gasteiger partial charge in [-0.1, -0.05) is 48.6 Å². The first-order chi connectivity index (χ1) is 10.3. The smallest absolute Gasteiger partial charge is 0.212 e. The van der Waals surface area contributed by atoms with Gasteiger partial charge in [-0.05, 0) is 22.8 Å². The maximum absolute atomic E-state index is 9.06. The maximum atomic E-state index is 9.06. The number of aromatic nitrogens is 1. The molecule has 0 aliphatic heterocycles. The number of nitrogens with zero attached hydrogens (tertiary/aromatic N) is 1. The van der Waals surface area contributed by atoms with Gasteiger partial charge in [-0.2, -0.15) is 0 Å². The number of pyridine rings is 1. The molecule has 0 fully saturated rings. The molecule has 2 aromatic carbocycles. The summed E-state index contributed by atoms with van der Waals surface area (Å²) in [6, 6.07) is 18.5. The van der Waals surface area contributed by atoms with Crippen LogP contribution in [0.15, 0.2) is 60.8 Å². The van der Waals surface area contributed by atoms with Crippen molar-refractivity contribution in [3.8, 4) is 0 Å². The Bertz CT molecular complexity index is 788. The Kier molecular flexibility index (Phi) is 3.80. The molecule has 0 atom stereocenters. The average Bonchev–Trinajstić information content (AvgIpc) is 2.55. The van der Waals surface area contributed by atoms with Gasteiger partial charge in [-0.25, -0.2) is 4.57 Å². The van der Waals surface area contributed by atoms with E-state index in [1.165, 1.54) is 16.5 Å². The van der Waals surface area contributed by atoms with E-state index >= 15 is 0 Å². The van der Waals surface area contributed by atoms with Crippen LogP contribution >= 0.6 is 0 Å². The van der Waals surface area contributed by atoms with Gasteiger partial charge in [-0.3, -0.25) is 0 Å². The summed E-state index contributed by atoms with van der Waals surface area (Å²) in [7, 11) is 2.06. The third-order valence-electron chi connectivity index (χ3n) is 3.69. The summed E-state index contributed by atoms with van der Waals surface area (Å²) >= 11 is 0. The van der Waals surface area contributed by atoms with Crippen LogP contribution in [0, 0.1) is 0 Å². The first-order valence-electron chi connectivity index (χ1n) is 7.03. The lowest BCUT2D eigenvalue weighted by atomic mass is 10.1. The van der Waals surface area contributed by atoms with Crippen LogP contribution < -0.4 is 4.57 Å². The molecule has 3 rings (SSSR count). The lowest BCUT2D eigenvalue weighted by Crippen LogP contribution is -2.28. The van der Waals surface area contributed by atoms with Crippen molar-refractivity contribution in [2.45, 2.75) is 6.61 Å². The quantitative estimate of drug-likeness (QED) is 0.729. The Balaban J connectivity index is 1.97. The second-order valence-electron chi connectivity index (χ2n) is 5.13. The fraction of sp³-hybridized carbons (Fsp3) is 0.105. The Labute approximate surface area is 124 Å². The van der Waals surface area contributed by atoms with Crippen LogP contribution in [0.5, 0.6) is 0 Å². The van der Waals surface area contributed by atoms with Gasteiger partial charge in [0.05, 0.1) is 12.0 Å². The van der Waals surface area contributed by atoms with Gasteiger partial charge in [0.15, 0.2) is 6.20 Å². The van der Waals surface area contributed by atoms with Crippen molar-refractivity contribution >= 4 is 23.1 Å². The summed E-state index contributed by atoms with van der Waals surface area (Å²) in [6.07, 6.45) is 6.32. The predicted octanol–water partition coefficient (Wildman–Crippen LogP) is 3.33. The molecule has 1 N–H and O–H groups in total. The molecular formula is C19H18NO+. The molecule has 0 aliphatic carbocycles. The minimum absolute atomic E-state index is 0.0871. The normalized spacial score (nSPS) is 11.3. The molecule has 0 radical (unpaired) electrons. The van der Waals surface area contributed by atoms with E-state index in [1.54, 1.807) is 0 Å². The molecule has 3 aromatic rings. The number of aliphatic hydroxyl groups is 1. The SMILES string of the molecule is C[n+]1ccc(/C=C/c2ccc(CO)cc2)c2ccccc21. The largest absolute Gasteiger partial charge is 0.392 e. The van der Waals surface area contributed by atoms with E-state index in [2.05, 4.69) is 60.3 Å². The van der Waals surface area contributed by atoms with E-state index in [4.69, 9.17) is 5.11 Å². The molecule has 0 amide bonds. The van der Waals surface area contributed by atoms with E-state index in [9.17, 15) is 0 Å². The van der Waals surface area contributed by atoms with E-state index in [1.807, 2.05) is 24.3 Å². The molecule has 2 nitrogen and oxygen atoms in total. The first-order valence-corrected chi connectivity index (χ1v) is 7.03. The molecule has 1 heterocycles. The number of benzene rings is 2. The average molecular weight is 276 g/mol. The molecule has 0 bridgehead atoms. The number of fused-ring (bicyclic) bond motifs is 1. The van der Waals surface area contributed by atoms with Crippen molar-refractivity contribution in [1.29, 1.82) is 0 Å². The highest BCUT2D eigenvalue weighted by Gasteiger charge is 2.06. The molecule has 21 heavy (non-hydrogen) atoms. The molecule has 0 saturated carbocycles. The van der Waals surface area contributed by atoms with E-state index in [-0.39, 0.29) is 6.61 Å². The minimum atomic E-state index is 0.0871. The summed E-state index contributed by atoms with van der Waals surface area (Å²) in [6.45, 7) is 0.0871. The fourth-order valence-electron chi connectivity index (χ4n) is 2.45. The van der Waals surface area contributed by atoms with Crippen molar-refractivity contribution in [2.24, 2.45) is 7.05 Å². The number of hydrogen-bond acceptors (Lipinski definition) is 1. The second kappa shape index (κ2) is 5.90. The number of rotatable bonds is 3. The summed E-state index contributed by atoms with van der Waals surface area (Å²) in [5.41, 5.74) is 4.49. The number of hydrogen-bond donors (Lipinski definition) is 1. The second-order valence-corrected chi connectivity index (χ2v) is 5.13. The topological polar surface area (TPSA) is 24.1 Å².